The number of amidine groups is 2. The Hall–Kier alpha value is -8.28. The van der Waals surface area contributed by atoms with Crippen molar-refractivity contribution in [2.24, 2.45) is 15.7 Å². The quantitative estimate of drug-likeness (QED) is 0.129. The van der Waals surface area contributed by atoms with Crippen molar-refractivity contribution in [3.8, 4) is 56.2 Å². The van der Waals surface area contributed by atoms with Gasteiger partial charge in [-0.05, 0) is 44.5 Å². The molecule has 11 rings (SSSR count). The molecule has 62 heavy (non-hydrogen) atoms. The molecule has 2 aliphatic carbocycles. The molecule has 9 aromatic rings. The molecular weight excluding hydrogens is 755 g/mol. The van der Waals surface area contributed by atoms with Gasteiger partial charge in [0, 0.05) is 33.4 Å². The number of hydrogen-bond acceptors (Lipinski definition) is 3. The van der Waals surface area contributed by atoms with E-state index in [1.807, 2.05) is 91.0 Å². The summed E-state index contributed by atoms with van der Waals surface area (Å²) >= 11 is 0. The number of benzene rings is 8. The lowest BCUT2D eigenvalue weighted by Gasteiger charge is -2.31. The third-order valence-electron chi connectivity index (χ3n) is 12.1. The first-order valence-electron chi connectivity index (χ1n) is 20.8. The molecule has 0 unspecified atom stereocenters. The summed E-state index contributed by atoms with van der Waals surface area (Å²) < 4.78 is 0. The van der Waals surface area contributed by atoms with Crippen molar-refractivity contribution in [1.82, 2.24) is 9.97 Å². The molecule has 0 atom stereocenters. The van der Waals surface area contributed by atoms with Gasteiger partial charge in [0.05, 0.1) is 22.5 Å². The average molecular weight is 794 g/mol. The fourth-order valence-electron chi connectivity index (χ4n) is 9.28. The van der Waals surface area contributed by atoms with Gasteiger partial charge in [-0.2, -0.15) is 0 Å². The van der Waals surface area contributed by atoms with Crippen molar-refractivity contribution in [3.63, 3.8) is 0 Å². The second-order valence-electron chi connectivity index (χ2n) is 15.6. The summed E-state index contributed by atoms with van der Waals surface area (Å²) in [4.78, 5) is 20.6. The molecule has 0 radical (unpaired) electrons. The predicted octanol–water partition coefficient (Wildman–Crippen LogP) is 12.6. The summed E-state index contributed by atoms with van der Waals surface area (Å²) in [6.45, 7) is 4.22. The highest BCUT2D eigenvalue weighted by Crippen LogP contribution is 2.64. The number of aliphatic imine (C=N–C) groups is 2. The molecule has 2 N–H and O–H groups in total. The molecule has 292 valence electrons. The van der Waals surface area contributed by atoms with Crippen molar-refractivity contribution in [1.29, 1.82) is 0 Å². The van der Waals surface area contributed by atoms with Crippen LogP contribution in [0.4, 0.5) is 0 Å². The monoisotopic (exact) mass is 793 g/mol. The Labute approximate surface area is 361 Å². The van der Waals surface area contributed by atoms with Crippen LogP contribution in [0.25, 0.3) is 61.9 Å². The molecule has 0 aliphatic heterocycles. The number of rotatable bonds is 7. The van der Waals surface area contributed by atoms with Gasteiger partial charge in [0.25, 0.3) is 0 Å². The van der Waals surface area contributed by atoms with Crippen LogP contribution in [0.15, 0.2) is 229 Å². The van der Waals surface area contributed by atoms with Crippen LogP contribution in [0.3, 0.4) is 0 Å². The first kappa shape index (κ1) is 36.8. The van der Waals surface area contributed by atoms with Gasteiger partial charge in [-0.3, -0.25) is 0 Å². The minimum absolute atomic E-state index is 0.368. The number of aromatic nitrogens is 2. The SMILES string of the molecule is C=C(/N=C(\N=C(/N)c1ccc(-c2ccc(-c3nc(-c4ccccc4)nc4c3C3(c5ccccc5-c5ccccc53)c3ccccc3-4)cc2)cc1)c1ccccc1)c1ccccc1. The van der Waals surface area contributed by atoms with E-state index in [2.05, 4.69) is 128 Å². The first-order chi connectivity index (χ1) is 30.6. The third-order valence-corrected chi connectivity index (χ3v) is 12.1. The molecule has 1 spiro atoms. The van der Waals surface area contributed by atoms with E-state index < -0.39 is 5.41 Å². The zero-order valence-electron chi connectivity index (χ0n) is 33.8. The fraction of sp³-hybridized carbons (Fsp3) is 0.0175. The highest BCUT2D eigenvalue weighted by molar-refractivity contribution is 6.12. The minimum Gasteiger partial charge on any atom is -0.383 e. The van der Waals surface area contributed by atoms with Gasteiger partial charge in [0.1, 0.15) is 5.84 Å². The van der Waals surface area contributed by atoms with Gasteiger partial charge in [-0.1, -0.05) is 219 Å². The second-order valence-corrected chi connectivity index (χ2v) is 15.6. The largest absolute Gasteiger partial charge is 0.383 e. The number of nitrogens with zero attached hydrogens (tertiary/aromatic N) is 4. The van der Waals surface area contributed by atoms with Crippen LogP contribution in [0.5, 0.6) is 0 Å². The van der Waals surface area contributed by atoms with E-state index in [0.29, 0.717) is 23.2 Å². The van der Waals surface area contributed by atoms with Crippen LogP contribution in [-0.4, -0.2) is 21.6 Å². The standard InChI is InChI=1S/C57H39N5/c1-37(38-17-5-2-6-18-38)59-55(43-19-7-3-8-20-43)62-54(58)42-35-31-40(32-36-42)39-29-33-41(34-30-39)52-51-53(61-56(60-52)44-21-9-4-10-22-44)47-25-13-16-28-50(47)57(51)48-26-14-11-23-45(48)46-24-12-15-27-49(46)57/h2-36H,1H2,(H2,58,59,62). The smallest absolute Gasteiger partial charge is 0.162 e. The summed E-state index contributed by atoms with van der Waals surface area (Å²) in [5.74, 6) is 1.57. The van der Waals surface area contributed by atoms with Gasteiger partial charge in [-0.25, -0.2) is 20.0 Å². The number of nitrogens with two attached hydrogens (primary N) is 1. The van der Waals surface area contributed by atoms with Crippen molar-refractivity contribution in [3.05, 3.63) is 258 Å². The summed E-state index contributed by atoms with van der Waals surface area (Å²) in [5, 5.41) is 0. The Kier molecular flexibility index (Phi) is 8.94. The predicted molar refractivity (Wildman–Crippen MR) is 254 cm³/mol. The van der Waals surface area contributed by atoms with Gasteiger partial charge >= 0.3 is 0 Å². The zero-order chi connectivity index (χ0) is 41.6. The number of hydrogen-bond donors (Lipinski definition) is 1. The lowest BCUT2D eigenvalue weighted by molar-refractivity contribution is 0.788. The van der Waals surface area contributed by atoms with Gasteiger partial charge in [-0.15, -0.1) is 0 Å². The van der Waals surface area contributed by atoms with Gasteiger partial charge in [0.15, 0.2) is 11.7 Å². The lowest BCUT2D eigenvalue weighted by atomic mass is 9.69. The molecule has 5 nitrogen and oxygen atoms in total. The van der Waals surface area contributed by atoms with Crippen LogP contribution in [0.2, 0.25) is 0 Å². The van der Waals surface area contributed by atoms with E-state index in [-0.39, 0.29) is 0 Å². The van der Waals surface area contributed by atoms with E-state index in [9.17, 15) is 0 Å². The highest BCUT2D eigenvalue weighted by Gasteiger charge is 2.54. The maximum Gasteiger partial charge on any atom is 0.162 e. The zero-order valence-corrected chi connectivity index (χ0v) is 33.8. The molecule has 0 bridgehead atoms. The molecule has 0 fully saturated rings. The maximum absolute atomic E-state index is 6.69. The van der Waals surface area contributed by atoms with Gasteiger partial charge in [0.2, 0.25) is 0 Å². The van der Waals surface area contributed by atoms with Crippen molar-refractivity contribution >= 4 is 17.4 Å². The lowest BCUT2D eigenvalue weighted by Crippen LogP contribution is -2.27. The normalized spacial score (nSPS) is 13.3. The minimum atomic E-state index is -0.584. The molecule has 0 amide bonds. The van der Waals surface area contributed by atoms with E-state index >= 15 is 0 Å². The van der Waals surface area contributed by atoms with Crippen LogP contribution in [0, 0.1) is 0 Å². The van der Waals surface area contributed by atoms with Crippen molar-refractivity contribution < 1.29 is 0 Å². The van der Waals surface area contributed by atoms with Crippen molar-refractivity contribution in [2.75, 3.05) is 0 Å². The molecule has 1 heterocycles. The maximum atomic E-state index is 6.69. The molecule has 1 aromatic heterocycles. The molecule has 5 heteroatoms. The summed E-state index contributed by atoms with van der Waals surface area (Å²) in [5.41, 5.74) is 23.8. The summed E-state index contributed by atoms with van der Waals surface area (Å²) in [6.07, 6.45) is 0. The second kappa shape index (κ2) is 15.1. The Morgan fingerprint density at radius 3 is 1.45 bits per heavy atom. The van der Waals surface area contributed by atoms with E-state index in [4.69, 9.17) is 25.7 Å². The Morgan fingerprint density at radius 2 is 0.855 bits per heavy atom. The summed E-state index contributed by atoms with van der Waals surface area (Å²) in [6, 6.07) is 73.4. The van der Waals surface area contributed by atoms with E-state index in [1.54, 1.807) is 0 Å². The molecule has 2 aliphatic rings. The van der Waals surface area contributed by atoms with Crippen LogP contribution < -0.4 is 5.73 Å². The van der Waals surface area contributed by atoms with Crippen LogP contribution in [-0.2, 0) is 5.41 Å². The van der Waals surface area contributed by atoms with E-state index in [1.165, 1.54) is 27.8 Å². The first-order valence-corrected chi connectivity index (χ1v) is 20.8. The Morgan fingerprint density at radius 1 is 0.403 bits per heavy atom. The molecule has 0 saturated heterocycles. The Bertz CT molecular complexity index is 3180. The van der Waals surface area contributed by atoms with E-state index in [0.717, 1.165) is 61.5 Å². The highest BCUT2D eigenvalue weighted by atomic mass is 15.0. The topological polar surface area (TPSA) is 76.5 Å². The third kappa shape index (κ3) is 6.02. The molecular formula is C57H39N5. The molecule has 8 aromatic carbocycles. The van der Waals surface area contributed by atoms with Crippen molar-refractivity contribution in [2.45, 2.75) is 5.41 Å². The fourth-order valence-corrected chi connectivity index (χ4v) is 9.28. The van der Waals surface area contributed by atoms with Crippen LogP contribution in [0.1, 0.15) is 38.9 Å². The van der Waals surface area contributed by atoms with Gasteiger partial charge < -0.3 is 5.73 Å². The Balaban J connectivity index is 0.997. The molecule has 0 saturated carbocycles. The average Bonchev–Trinajstić information content (AvgIpc) is 3.82. The van der Waals surface area contributed by atoms with Crippen LogP contribution >= 0.6 is 0 Å². The summed E-state index contributed by atoms with van der Waals surface area (Å²) in [7, 11) is 0. The number of fused-ring (bicyclic) bond motifs is 10.